The lowest BCUT2D eigenvalue weighted by molar-refractivity contribution is -0.142. The Bertz CT molecular complexity index is 685. The minimum atomic E-state index is -4.05. The van der Waals surface area contributed by atoms with E-state index in [1.165, 1.54) is 13.0 Å². The van der Waals surface area contributed by atoms with Crippen molar-refractivity contribution in [3.8, 4) is 0 Å². The van der Waals surface area contributed by atoms with Gasteiger partial charge in [-0.25, -0.2) is 13.2 Å². The van der Waals surface area contributed by atoms with Crippen LogP contribution in [0.1, 0.15) is 22.8 Å². The third-order valence-corrected chi connectivity index (χ3v) is 5.09. The Balaban J connectivity index is 3.27. The van der Waals surface area contributed by atoms with E-state index >= 15 is 0 Å². The van der Waals surface area contributed by atoms with Gasteiger partial charge in [-0.15, -0.1) is 0 Å². The second-order valence-corrected chi connectivity index (χ2v) is 6.82. The lowest BCUT2D eigenvalue weighted by Crippen LogP contribution is -2.39. The summed E-state index contributed by atoms with van der Waals surface area (Å²) in [5.41, 5.74) is 0.262. The molecule has 116 valence electrons. The number of carboxylic acids is 1. The second-order valence-electron chi connectivity index (χ2n) is 4.25. The normalized spacial score (nSPS) is 12.8. The fourth-order valence-corrected chi connectivity index (χ4v) is 3.41. The smallest absolute Gasteiger partial charge is 0.336 e. The Hall–Kier alpha value is -1.45. The summed E-state index contributed by atoms with van der Waals surface area (Å²) in [7, 11) is -2.92. The van der Waals surface area contributed by atoms with Crippen LogP contribution in [-0.4, -0.2) is 38.6 Å². The molecule has 1 rings (SSSR count). The molecule has 0 aliphatic rings. The SMILES string of the molecule is COC(=O)C(C)NS(=O)(=O)c1cc(Br)c(C)c(C(=O)O)c1. The molecule has 0 fully saturated rings. The molecule has 21 heavy (non-hydrogen) atoms. The Morgan fingerprint density at radius 2 is 1.95 bits per heavy atom. The van der Waals surface area contributed by atoms with Crippen LogP contribution in [0.25, 0.3) is 0 Å². The van der Waals surface area contributed by atoms with Gasteiger partial charge in [-0.05, 0) is 31.5 Å². The molecular formula is C12H14BrNO6S. The van der Waals surface area contributed by atoms with E-state index in [9.17, 15) is 18.0 Å². The van der Waals surface area contributed by atoms with E-state index in [-0.39, 0.29) is 10.5 Å². The average Bonchev–Trinajstić information content (AvgIpc) is 2.39. The zero-order valence-electron chi connectivity index (χ0n) is 11.5. The molecule has 0 heterocycles. The molecule has 0 radical (unpaired) electrons. The highest BCUT2D eigenvalue weighted by atomic mass is 79.9. The summed E-state index contributed by atoms with van der Waals surface area (Å²) in [6.45, 7) is 2.87. The third-order valence-electron chi connectivity index (χ3n) is 2.75. The van der Waals surface area contributed by atoms with E-state index in [2.05, 4.69) is 25.4 Å². The van der Waals surface area contributed by atoms with Gasteiger partial charge in [0.25, 0.3) is 0 Å². The van der Waals surface area contributed by atoms with E-state index in [0.717, 1.165) is 13.2 Å². The number of carboxylic acid groups (broad SMARTS) is 1. The highest BCUT2D eigenvalue weighted by molar-refractivity contribution is 9.10. The Morgan fingerprint density at radius 1 is 1.38 bits per heavy atom. The van der Waals surface area contributed by atoms with Gasteiger partial charge < -0.3 is 9.84 Å². The molecule has 7 nitrogen and oxygen atoms in total. The summed E-state index contributed by atoms with van der Waals surface area (Å²) in [5.74, 6) is -1.99. The minimum absolute atomic E-state index is 0.143. The molecule has 0 aliphatic carbocycles. The summed E-state index contributed by atoms with van der Waals surface area (Å²) >= 11 is 3.12. The zero-order valence-corrected chi connectivity index (χ0v) is 13.9. The van der Waals surface area contributed by atoms with Crippen LogP contribution in [0.4, 0.5) is 0 Å². The number of rotatable bonds is 5. The van der Waals surface area contributed by atoms with Crippen molar-refractivity contribution in [1.29, 1.82) is 0 Å². The number of esters is 1. The minimum Gasteiger partial charge on any atom is -0.478 e. The van der Waals surface area contributed by atoms with Gasteiger partial charge in [0.15, 0.2) is 0 Å². The summed E-state index contributed by atoms with van der Waals surface area (Å²) in [6, 6.07) is 1.22. The molecule has 0 bridgehead atoms. The number of hydrogen-bond donors (Lipinski definition) is 2. The number of nitrogens with one attached hydrogen (secondary N) is 1. The Labute approximate surface area is 130 Å². The number of benzene rings is 1. The predicted octanol–water partition coefficient (Wildman–Crippen LogP) is 1.30. The summed E-state index contributed by atoms with van der Waals surface area (Å²) < 4.78 is 31.2. The largest absolute Gasteiger partial charge is 0.478 e. The lowest BCUT2D eigenvalue weighted by Gasteiger charge is -2.13. The first-order valence-electron chi connectivity index (χ1n) is 5.73. The average molecular weight is 380 g/mol. The van der Waals surface area contributed by atoms with Crippen molar-refractivity contribution in [2.24, 2.45) is 0 Å². The number of aromatic carboxylic acids is 1. The molecular weight excluding hydrogens is 366 g/mol. The molecule has 0 aliphatic heterocycles. The van der Waals surface area contributed by atoms with Gasteiger partial charge in [0.1, 0.15) is 6.04 Å². The molecule has 1 atom stereocenters. The summed E-state index contributed by atoms with van der Waals surface area (Å²) in [5, 5.41) is 9.08. The topological polar surface area (TPSA) is 110 Å². The second kappa shape index (κ2) is 6.54. The molecule has 0 saturated heterocycles. The maximum absolute atomic E-state index is 12.2. The van der Waals surface area contributed by atoms with Crippen molar-refractivity contribution in [3.05, 3.63) is 27.7 Å². The maximum Gasteiger partial charge on any atom is 0.336 e. The highest BCUT2D eigenvalue weighted by Gasteiger charge is 2.24. The van der Waals surface area contributed by atoms with Crippen LogP contribution in [0, 0.1) is 6.92 Å². The van der Waals surface area contributed by atoms with E-state index < -0.39 is 28.0 Å². The van der Waals surface area contributed by atoms with Gasteiger partial charge in [0, 0.05) is 4.47 Å². The van der Waals surface area contributed by atoms with E-state index in [1.54, 1.807) is 6.92 Å². The van der Waals surface area contributed by atoms with Crippen molar-refractivity contribution in [1.82, 2.24) is 4.72 Å². The number of carbonyl (C=O) groups excluding carboxylic acids is 1. The Kier molecular flexibility index (Phi) is 5.48. The molecule has 1 aromatic rings. The van der Waals surface area contributed by atoms with Gasteiger partial charge in [-0.1, -0.05) is 15.9 Å². The molecule has 0 spiro atoms. The van der Waals surface area contributed by atoms with Gasteiger partial charge in [-0.2, -0.15) is 4.72 Å². The number of hydrogen-bond acceptors (Lipinski definition) is 5. The molecule has 2 N–H and O–H groups in total. The molecule has 9 heteroatoms. The number of sulfonamides is 1. The number of ether oxygens (including phenoxy) is 1. The monoisotopic (exact) mass is 379 g/mol. The van der Waals surface area contributed by atoms with Gasteiger partial charge in [0.2, 0.25) is 10.0 Å². The van der Waals surface area contributed by atoms with Crippen molar-refractivity contribution >= 4 is 37.9 Å². The van der Waals surface area contributed by atoms with Gasteiger partial charge in [0.05, 0.1) is 17.6 Å². The number of methoxy groups -OCH3 is 1. The molecule has 0 saturated carbocycles. The van der Waals surface area contributed by atoms with E-state index in [0.29, 0.717) is 10.0 Å². The van der Waals surface area contributed by atoms with Crippen molar-refractivity contribution in [2.45, 2.75) is 24.8 Å². The van der Waals surface area contributed by atoms with Crippen LogP contribution < -0.4 is 4.72 Å². The first kappa shape index (κ1) is 17.6. The molecule has 1 unspecified atom stereocenters. The van der Waals surface area contributed by atoms with Crippen LogP contribution in [-0.2, 0) is 19.6 Å². The Morgan fingerprint density at radius 3 is 2.43 bits per heavy atom. The highest BCUT2D eigenvalue weighted by Crippen LogP contribution is 2.25. The van der Waals surface area contributed by atoms with Crippen molar-refractivity contribution < 1.29 is 27.9 Å². The fraction of sp³-hybridized carbons (Fsp3) is 0.333. The van der Waals surface area contributed by atoms with Gasteiger partial charge >= 0.3 is 11.9 Å². The summed E-state index contributed by atoms with van der Waals surface area (Å²) in [4.78, 5) is 22.1. The lowest BCUT2D eigenvalue weighted by atomic mass is 10.1. The van der Waals surface area contributed by atoms with Crippen LogP contribution >= 0.6 is 15.9 Å². The standard InChI is InChI=1S/C12H14BrNO6S/c1-6-9(11(15)16)4-8(5-10(6)13)21(18,19)14-7(2)12(17)20-3/h4-5,7,14H,1-3H3,(H,15,16). The molecule has 0 aromatic heterocycles. The molecule has 0 amide bonds. The predicted molar refractivity (Wildman–Crippen MR) is 77.6 cm³/mol. The number of carbonyl (C=O) groups is 2. The fourth-order valence-electron chi connectivity index (χ4n) is 1.56. The number of halogens is 1. The van der Waals surface area contributed by atoms with Crippen LogP contribution in [0.2, 0.25) is 0 Å². The van der Waals surface area contributed by atoms with Crippen LogP contribution in [0.3, 0.4) is 0 Å². The van der Waals surface area contributed by atoms with Crippen LogP contribution in [0.5, 0.6) is 0 Å². The van der Waals surface area contributed by atoms with Gasteiger partial charge in [-0.3, -0.25) is 4.79 Å². The summed E-state index contributed by atoms with van der Waals surface area (Å²) in [6.07, 6.45) is 0. The maximum atomic E-state index is 12.2. The van der Waals surface area contributed by atoms with Crippen LogP contribution in [0.15, 0.2) is 21.5 Å². The van der Waals surface area contributed by atoms with E-state index in [4.69, 9.17) is 5.11 Å². The zero-order chi connectivity index (χ0) is 16.4. The van der Waals surface area contributed by atoms with Crippen molar-refractivity contribution in [2.75, 3.05) is 7.11 Å². The third kappa shape index (κ3) is 4.02. The molecule has 1 aromatic carbocycles. The van der Waals surface area contributed by atoms with E-state index in [1.807, 2.05) is 0 Å². The first-order valence-corrected chi connectivity index (χ1v) is 8.01. The quantitative estimate of drug-likeness (QED) is 0.746. The van der Waals surface area contributed by atoms with Crippen molar-refractivity contribution in [3.63, 3.8) is 0 Å². The first-order chi connectivity index (χ1) is 9.60.